The van der Waals surface area contributed by atoms with Gasteiger partial charge in [0.15, 0.2) is 6.04 Å². The topological polar surface area (TPSA) is 98.7 Å². The van der Waals surface area contributed by atoms with Gasteiger partial charge in [0.25, 0.3) is 0 Å². The van der Waals surface area contributed by atoms with Crippen LogP contribution >= 0.6 is 0 Å². The number of hydrogen-bond acceptors (Lipinski definition) is 3. The number of hydrogen-bond donors (Lipinski definition) is 3. The van der Waals surface area contributed by atoms with E-state index in [2.05, 4.69) is 10.6 Å². The highest BCUT2D eigenvalue weighted by Gasteiger charge is 2.31. The normalized spacial score (nSPS) is 18.3. The van der Waals surface area contributed by atoms with Crippen molar-refractivity contribution in [3.8, 4) is 0 Å². The van der Waals surface area contributed by atoms with Gasteiger partial charge in [-0.05, 0) is 24.3 Å². The smallest absolute Gasteiger partial charge is 0.330 e. The van der Waals surface area contributed by atoms with Gasteiger partial charge in [-0.15, -0.1) is 0 Å². The molecule has 1 aromatic carbocycles. The third-order valence-corrected chi connectivity index (χ3v) is 4.41. The maximum absolute atomic E-state index is 12.6. The lowest BCUT2D eigenvalue weighted by Gasteiger charge is -2.32. The van der Waals surface area contributed by atoms with Gasteiger partial charge in [-0.1, -0.05) is 44.2 Å². The lowest BCUT2D eigenvalue weighted by atomic mass is 9.96. The number of carboxylic acids is 1. The van der Waals surface area contributed by atoms with Crippen LogP contribution < -0.4 is 10.6 Å². The van der Waals surface area contributed by atoms with Gasteiger partial charge in [0.1, 0.15) is 0 Å². The number of piperidine rings is 1. The van der Waals surface area contributed by atoms with Crippen LogP contribution in [0, 0.1) is 11.8 Å². The summed E-state index contributed by atoms with van der Waals surface area (Å²) in [5.41, 5.74) is 0.524. The van der Waals surface area contributed by atoms with E-state index in [1.165, 1.54) is 0 Å². The van der Waals surface area contributed by atoms with Gasteiger partial charge in [0.05, 0.1) is 5.92 Å². The largest absolute Gasteiger partial charge is 0.479 e. The standard InChI is InChI=1S/C19H27N3O4/c1-13(2)11-20-19(26)22-10-6-9-15(12-22)17(23)21-16(18(24)25)14-7-4-3-5-8-14/h3-5,7-8,13,15-16H,6,9-12H2,1-2H3,(H,20,26)(H,21,23)(H,24,25). The van der Waals surface area contributed by atoms with Gasteiger partial charge in [-0.2, -0.15) is 0 Å². The maximum Gasteiger partial charge on any atom is 0.330 e. The van der Waals surface area contributed by atoms with Gasteiger partial charge < -0.3 is 20.6 Å². The molecule has 7 heteroatoms. The molecule has 2 unspecified atom stereocenters. The molecule has 0 bridgehead atoms. The molecule has 1 fully saturated rings. The van der Waals surface area contributed by atoms with Gasteiger partial charge >= 0.3 is 12.0 Å². The van der Waals surface area contributed by atoms with Crippen LogP contribution in [0.2, 0.25) is 0 Å². The zero-order chi connectivity index (χ0) is 19.1. The average molecular weight is 361 g/mol. The summed E-state index contributed by atoms with van der Waals surface area (Å²) in [6, 6.07) is 7.34. The van der Waals surface area contributed by atoms with E-state index >= 15 is 0 Å². The van der Waals surface area contributed by atoms with Crippen molar-refractivity contribution >= 4 is 17.9 Å². The first-order valence-corrected chi connectivity index (χ1v) is 8.99. The van der Waals surface area contributed by atoms with E-state index in [0.717, 1.165) is 6.42 Å². The summed E-state index contributed by atoms with van der Waals surface area (Å²) >= 11 is 0. The Morgan fingerprint density at radius 1 is 1.23 bits per heavy atom. The summed E-state index contributed by atoms with van der Waals surface area (Å²) < 4.78 is 0. The minimum Gasteiger partial charge on any atom is -0.479 e. The Balaban J connectivity index is 1.97. The Morgan fingerprint density at radius 2 is 1.92 bits per heavy atom. The highest BCUT2D eigenvalue weighted by molar-refractivity contribution is 5.86. The van der Waals surface area contributed by atoms with E-state index in [4.69, 9.17) is 0 Å². The lowest BCUT2D eigenvalue weighted by molar-refractivity contribution is -0.143. The predicted octanol–water partition coefficient (Wildman–Crippen LogP) is 2.01. The fourth-order valence-corrected chi connectivity index (χ4v) is 2.97. The van der Waals surface area contributed by atoms with Crippen LogP contribution in [0.25, 0.3) is 0 Å². The number of nitrogens with one attached hydrogen (secondary N) is 2. The number of rotatable bonds is 6. The summed E-state index contributed by atoms with van der Waals surface area (Å²) in [6.45, 7) is 5.53. The van der Waals surface area contributed by atoms with Crippen molar-refractivity contribution in [3.63, 3.8) is 0 Å². The fourth-order valence-electron chi connectivity index (χ4n) is 2.97. The SMILES string of the molecule is CC(C)CNC(=O)N1CCCC(C(=O)NC(C(=O)O)c2ccccc2)C1. The second-order valence-electron chi connectivity index (χ2n) is 7.06. The Bertz CT molecular complexity index is 633. The fraction of sp³-hybridized carbons (Fsp3) is 0.526. The number of carboxylic acid groups (broad SMARTS) is 1. The van der Waals surface area contributed by atoms with Crippen LogP contribution in [0.3, 0.4) is 0 Å². The zero-order valence-electron chi connectivity index (χ0n) is 15.3. The van der Waals surface area contributed by atoms with Crippen molar-refractivity contribution in [1.82, 2.24) is 15.5 Å². The van der Waals surface area contributed by atoms with Gasteiger partial charge in [0.2, 0.25) is 5.91 Å². The maximum atomic E-state index is 12.6. The Morgan fingerprint density at radius 3 is 2.54 bits per heavy atom. The number of carbonyl (C=O) groups excluding carboxylic acids is 2. The van der Waals surface area contributed by atoms with Gasteiger partial charge in [-0.3, -0.25) is 4.79 Å². The Hall–Kier alpha value is -2.57. The number of benzene rings is 1. The molecule has 1 saturated heterocycles. The number of nitrogens with zero attached hydrogens (tertiary/aromatic N) is 1. The zero-order valence-corrected chi connectivity index (χ0v) is 15.3. The molecule has 1 heterocycles. The van der Waals surface area contributed by atoms with Crippen LogP contribution in [-0.4, -0.2) is 47.5 Å². The van der Waals surface area contributed by atoms with E-state index in [-0.39, 0.29) is 11.9 Å². The molecular formula is C19H27N3O4. The van der Waals surface area contributed by atoms with Crippen molar-refractivity contribution in [2.45, 2.75) is 32.7 Å². The van der Waals surface area contributed by atoms with Gasteiger partial charge in [0, 0.05) is 19.6 Å². The molecule has 0 saturated carbocycles. The molecule has 2 rings (SSSR count). The van der Waals surface area contributed by atoms with Crippen LogP contribution in [0.5, 0.6) is 0 Å². The third-order valence-electron chi connectivity index (χ3n) is 4.41. The van der Waals surface area contributed by atoms with E-state index in [0.29, 0.717) is 37.5 Å². The quantitative estimate of drug-likeness (QED) is 0.722. The number of urea groups is 1. The van der Waals surface area contributed by atoms with Crippen molar-refractivity contribution in [1.29, 1.82) is 0 Å². The molecule has 1 aromatic rings. The van der Waals surface area contributed by atoms with Crippen molar-refractivity contribution < 1.29 is 19.5 Å². The summed E-state index contributed by atoms with van der Waals surface area (Å²) in [5, 5.41) is 14.9. The molecular weight excluding hydrogens is 334 g/mol. The van der Waals surface area contributed by atoms with Crippen LogP contribution in [0.15, 0.2) is 30.3 Å². The van der Waals surface area contributed by atoms with E-state index in [1.807, 2.05) is 13.8 Å². The highest BCUT2D eigenvalue weighted by Crippen LogP contribution is 2.19. The molecule has 0 spiro atoms. The molecule has 142 valence electrons. The van der Waals surface area contributed by atoms with Crippen molar-refractivity contribution in [2.75, 3.05) is 19.6 Å². The molecule has 3 amide bonds. The van der Waals surface area contributed by atoms with E-state index in [9.17, 15) is 19.5 Å². The molecule has 1 aliphatic rings. The molecule has 7 nitrogen and oxygen atoms in total. The summed E-state index contributed by atoms with van der Waals surface area (Å²) in [4.78, 5) is 38.0. The number of likely N-dealkylation sites (tertiary alicyclic amines) is 1. The molecule has 0 aliphatic carbocycles. The third kappa shape index (κ3) is 5.47. The summed E-state index contributed by atoms with van der Waals surface area (Å²) in [7, 11) is 0. The van der Waals surface area contributed by atoms with Crippen LogP contribution in [-0.2, 0) is 9.59 Å². The molecule has 2 atom stereocenters. The second kappa shape index (κ2) is 9.22. The average Bonchev–Trinajstić information content (AvgIpc) is 2.64. The van der Waals surface area contributed by atoms with Crippen molar-refractivity contribution in [2.24, 2.45) is 11.8 Å². The number of aliphatic carboxylic acids is 1. The first kappa shape index (κ1) is 19.8. The predicted molar refractivity (Wildman–Crippen MR) is 97.5 cm³/mol. The molecule has 26 heavy (non-hydrogen) atoms. The van der Waals surface area contributed by atoms with Gasteiger partial charge in [-0.25, -0.2) is 9.59 Å². The summed E-state index contributed by atoms with van der Waals surface area (Å²) in [5.74, 6) is -1.49. The van der Waals surface area contributed by atoms with Crippen molar-refractivity contribution in [3.05, 3.63) is 35.9 Å². The first-order chi connectivity index (χ1) is 12.4. The molecule has 1 aliphatic heterocycles. The lowest BCUT2D eigenvalue weighted by Crippen LogP contribution is -2.50. The Labute approximate surface area is 153 Å². The monoisotopic (exact) mass is 361 g/mol. The van der Waals surface area contributed by atoms with E-state index in [1.54, 1.807) is 35.2 Å². The minimum absolute atomic E-state index is 0.172. The summed E-state index contributed by atoms with van der Waals surface area (Å²) in [6.07, 6.45) is 1.36. The highest BCUT2D eigenvalue weighted by atomic mass is 16.4. The van der Waals surface area contributed by atoms with Crippen LogP contribution in [0.1, 0.15) is 38.3 Å². The van der Waals surface area contributed by atoms with E-state index < -0.39 is 17.9 Å². The molecule has 3 N–H and O–H groups in total. The molecule has 0 radical (unpaired) electrons. The molecule has 0 aromatic heterocycles. The number of amides is 3. The minimum atomic E-state index is -1.10. The first-order valence-electron chi connectivity index (χ1n) is 8.99. The van der Waals surface area contributed by atoms with Crippen LogP contribution in [0.4, 0.5) is 4.79 Å². The Kier molecular flexibility index (Phi) is 7.00. The number of carbonyl (C=O) groups is 3. The second-order valence-corrected chi connectivity index (χ2v) is 7.06.